The van der Waals surface area contributed by atoms with Crippen molar-refractivity contribution in [3.63, 3.8) is 0 Å². The minimum Gasteiger partial charge on any atom is -0.495 e. The third kappa shape index (κ3) is 5.91. The van der Waals surface area contributed by atoms with Crippen LogP contribution in [0.15, 0.2) is 30.3 Å². The highest BCUT2D eigenvalue weighted by atomic mass is 35.5. The van der Waals surface area contributed by atoms with Crippen LogP contribution in [0.5, 0.6) is 23.0 Å². The number of halogens is 1. The molecule has 0 spiro atoms. The van der Waals surface area contributed by atoms with Crippen LogP contribution >= 0.6 is 12.4 Å². The van der Waals surface area contributed by atoms with Crippen LogP contribution in [0.4, 0.5) is 5.69 Å². The highest BCUT2D eigenvalue weighted by Gasteiger charge is 2.21. The normalized spacial score (nSPS) is 11.1. The van der Waals surface area contributed by atoms with E-state index < -0.39 is 17.9 Å². The number of hydrogen-bond donors (Lipinski definition) is 4. The highest BCUT2D eigenvalue weighted by Crippen LogP contribution is 2.42. The number of rotatable bonds is 10. The van der Waals surface area contributed by atoms with Gasteiger partial charge in [0.2, 0.25) is 17.6 Å². The Morgan fingerprint density at radius 1 is 0.914 bits per heavy atom. The quantitative estimate of drug-likeness (QED) is 0.319. The molecule has 1 aromatic heterocycles. The summed E-state index contributed by atoms with van der Waals surface area (Å²) in [6.45, 7) is 0. The van der Waals surface area contributed by atoms with Gasteiger partial charge in [-0.15, -0.1) is 12.4 Å². The van der Waals surface area contributed by atoms with Crippen molar-refractivity contribution in [2.24, 2.45) is 11.5 Å². The molecule has 0 bridgehead atoms. The number of hydrogen-bond acceptors (Lipinski definition) is 9. The summed E-state index contributed by atoms with van der Waals surface area (Å²) in [7, 11) is 6.02. The molecule has 2 amide bonds. The maximum absolute atomic E-state index is 12.4. The zero-order valence-corrected chi connectivity index (χ0v) is 20.4. The molecular formula is C22H27ClN6O6. The van der Waals surface area contributed by atoms with Crippen molar-refractivity contribution in [1.29, 1.82) is 0 Å². The van der Waals surface area contributed by atoms with Crippen LogP contribution in [0.3, 0.4) is 0 Å². The summed E-state index contributed by atoms with van der Waals surface area (Å²) in [6.07, 6.45) is -0.289. The number of nitrogens with one attached hydrogen (secondary N) is 2. The number of methoxy groups -OCH3 is 4. The molecule has 3 aromatic rings. The Bertz CT molecular complexity index is 1180. The third-order valence-corrected chi connectivity index (χ3v) is 4.97. The molecule has 0 radical (unpaired) electrons. The van der Waals surface area contributed by atoms with Gasteiger partial charge in [-0.1, -0.05) is 0 Å². The fourth-order valence-corrected chi connectivity index (χ4v) is 3.34. The molecule has 188 valence electrons. The number of aromatic amines is 1. The van der Waals surface area contributed by atoms with Crippen LogP contribution in [0, 0.1) is 0 Å². The number of primary amides is 1. The lowest BCUT2D eigenvalue weighted by Gasteiger charge is -2.15. The maximum atomic E-state index is 12.4. The molecule has 12 nitrogen and oxygen atoms in total. The van der Waals surface area contributed by atoms with Crippen molar-refractivity contribution in [2.45, 2.75) is 12.5 Å². The molecule has 1 heterocycles. The van der Waals surface area contributed by atoms with E-state index in [2.05, 4.69) is 20.7 Å². The van der Waals surface area contributed by atoms with Crippen LogP contribution in [-0.4, -0.2) is 61.7 Å². The van der Waals surface area contributed by atoms with Crippen LogP contribution in [-0.2, 0) is 9.59 Å². The van der Waals surface area contributed by atoms with E-state index in [0.717, 1.165) is 0 Å². The second kappa shape index (κ2) is 11.9. The van der Waals surface area contributed by atoms with Gasteiger partial charge in [-0.3, -0.25) is 9.59 Å². The molecule has 0 saturated heterocycles. The topological polar surface area (TPSA) is 177 Å². The van der Waals surface area contributed by atoms with E-state index in [4.69, 9.17) is 30.4 Å². The minimum absolute atomic E-state index is 0. The second-order valence-corrected chi connectivity index (χ2v) is 7.12. The summed E-state index contributed by atoms with van der Waals surface area (Å²) in [5.74, 6) is 0.482. The van der Waals surface area contributed by atoms with Crippen LogP contribution < -0.4 is 35.7 Å². The van der Waals surface area contributed by atoms with Crippen molar-refractivity contribution in [3.05, 3.63) is 30.3 Å². The van der Waals surface area contributed by atoms with E-state index in [9.17, 15) is 9.59 Å². The number of ether oxygens (including phenoxy) is 4. The van der Waals surface area contributed by atoms with E-state index >= 15 is 0 Å². The number of carbonyl (C=O) groups excluding carboxylic acids is 2. The zero-order valence-electron chi connectivity index (χ0n) is 19.6. The number of anilines is 1. The first kappa shape index (κ1) is 27.2. The average molecular weight is 507 g/mol. The van der Waals surface area contributed by atoms with Crippen molar-refractivity contribution >= 4 is 29.9 Å². The average Bonchev–Trinajstić information content (AvgIpc) is 3.32. The number of H-pyrrole nitrogens is 1. The molecule has 0 fully saturated rings. The monoisotopic (exact) mass is 506 g/mol. The van der Waals surface area contributed by atoms with Crippen LogP contribution in [0.25, 0.3) is 22.5 Å². The number of amides is 2. The first-order valence-corrected chi connectivity index (χ1v) is 10.1. The first-order chi connectivity index (χ1) is 16.3. The van der Waals surface area contributed by atoms with Gasteiger partial charge < -0.3 is 35.7 Å². The summed E-state index contributed by atoms with van der Waals surface area (Å²) in [4.78, 5) is 23.5. The van der Waals surface area contributed by atoms with E-state index in [0.29, 0.717) is 51.2 Å². The molecule has 13 heteroatoms. The molecule has 35 heavy (non-hydrogen) atoms. The van der Waals surface area contributed by atoms with Crippen molar-refractivity contribution < 1.29 is 28.5 Å². The molecule has 0 aliphatic heterocycles. The molecule has 0 aliphatic carbocycles. The third-order valence-electron chi connectivity index (χ3n) is 4.97. The Hall–Kier alpha value is -4.03. The van der Waals surface area contributed by atoms with E-state index in [1.807, 2.05) is 0 Å². The molecule has 1 unspecified atom stereocenters. The molecule has 3 rings (SSSR count). The zero-order chi connectivity index (χ0) is 24.8. The Morgan fingerprint density at radius 3 is 2.00 bits per heavy atom. The van der Waals surface area contributed by atoms with E-state index in [1.165, 1.54) is 28.4 Å². The van der Waals surface area contributed by atoms with Crippen LogP contribution in [0.1, 0.15) is 6.42 Å². The van der Waals surface area contributed by atoms with Gasteiger partial charge in [0.15, 0.2) is 11.5 Å². The van der Waals surface area contributed by atoms with Gasteiger partial charge in [-0.05, 0) is 30.3 Å². The summed E-state index contributed by atoms with van der Waals surface area (Å²) < 4.78 is 21.6. The fraction of sp³-hybridized carbons (Fsp3) is 0.273. The van der Waals surface area contributed by atoms with Gasteiger partial charge in [0.25, 0.3) is 0 Å². The Kier molecular flexibility index (Phi) is 9.26. The molecule has 2 aromatic carbocycles. The lowest BCUT2D eigenvalue weighted by molar-refractivity contribution is -0.123. The van der Waals surface area contributed by atoms with Gasteiger partial charge in [0.05, 0.1) is 46.6 Å². The minimum atomic E-state index is -1.10. The van der Waals surface area contributed by atoms with E-state index in [-0.39, 0.29) is 18.8 Å². The summed E-state index contributed by atoms with van der Waals surface area (Å²) >= 11 is 0. The Morgan fingerprint density at radius 2 is 1.49 bits per heavy atom. The lowest BCUT2D eigenvalue weighted by atomic mass is 10.0. The summed E-state index contributed by atoms with van der Waals surface area (Å²) in [5, 5.41) is 13.9. The number of nitrogens with two attached hydrogens (primary N) is 2. The molecule has 0 saturated carbocycles. The Labute approximate surface area is 207 Å². The number of benzene rings is 2. The van der Waals surface area contributed by atoms with Gasteiger partial charge in [0, 0.05) is 11.1 Å². The molecule has 0 aliphatic rings. The van der Waals surface area contributed by atoms with E-state index in [1.54, 1.807) is 30.3 Å². The standard InChI is InChI=1S/C22H26N6O6.ClH/c1-31-15-6-5-11(7-14(15)25-22(30)13(23)10-18(24)29)19-20(27-28-26-19)12-8-16(32-2)21(34-4)17(9-12)33-3;/h5-9,13H,10,23H2,1-4H3,(H2,24,29)(H,25,30)(H,26,27,28);1H. The lowest BCUT2D eigenvalue weighted by Crippen LogP contribution is -2.39. The first-order valence-electron chi connectivity index (χ1n) is 10.1. The maximum Gasteiger partial charge on any atom is 0.241 e. The van der Waals surface area contributed by atoms with Gasteiger partial charge in [0.1, 0.15) is 17.1 Å². The number of aromatic nitrogens is 3. The number of nitrogens with zero attached hydrogens (tertiary/aromatic N) is 2. The van der Waals surface area contributed by atoms with Gasteiger partial charge in [-0.25, -0.2) is 0 Å². The molecular weight excluding hydrogens is 480 g/mol. The summed E-state index contributed by atoms with van der Waals surface area (Å²) in [5.41, 5.74) is 13.5. The van der Waals surface area contributed by atoms with Crippen LogP contribution in [0.2, 0.25) is 0 Å². The molecule has 6 N–H and O–H groups in total. The summed E-state index contributed by atoms with van der Waals surface area (Å²) in [6, 6.07) is 7.48. The largest absolute Gasteiger partial charge is 0.495 e. The second-order valence-electron chi connectivity index (χ2n) is 7.12. The predicted molar refractivity (Wildman–Crippen MR) is 131 cm³/mol. The van der Waals surface area contributed by atoms with Crippen molar-refractivity contribution in [1.82, 2.24) is 15.4 Å². The van der Waals surface area contributed by atoms with Gasteiger partial charge in [-0.2, -0.15) is 15.4 Å². The SMILES string of the molecule is COc1ccc(-c2n[nH]nc2-c2cc(OC)c(OC)c(OC)c2)cc1NC(=O)C(N)CC(N)=O.Cl. The molecule has 1 atom stereocenters. The fourth-order valence-electron chi connectivity index (χ4n) is 3.34. The Balaban J connectivity index is 0.00000432. The highest BCUT2D eigenvalue weighted by molar-refractivity contribution is 5.99. The number of carbonyl (C=O) groups is 2. The van der Waals surface area contributed by atoms with Crippen molar-refractivity contribution in [3.8, 4) is 45.5 Å². The smallest absolute Gasteiger partial charge is 0.241 e. The van der Waals surface area contributed by atoms with Gasteiger partial charge >= 0.3 is 0 Å². The predicted octanol–water partition coefficient (Wildman–Crippen LogP) is 1.74. The van der Waals surface area contributed by atoms with Crippen molar-refractivity contribution in [2.75, 3.05) is 33.8 Å².